The molecule has 1 amide bonds. The second-order valence-corrected chi connectivity index (χ2v) is 6.89. The van der Waals surface area contributed by atoms with Crippen molar-refractivity contribution in [3.63, 3.8) is 0 Å². The van der Waals surface area contributed by atoms with Gasteiger partial charge < -0.3 is 5.32 Å². The van der Waals surface area contributed by atoms with Crippen molar-refractivity contribution in [2.24, 2.45) is 0 Å². The molecule has 8 heteroatoms. The fourth-order valence-electron chi connectivity index (χ4n) is 3.43. The van der Waals surface area contributed by atoms with Gasteiger partial charge in [-0.25, -0.2) is 9.97 Å². The maximum Gasteiger partial charge on any atom is 0.241 e. The van der Waals surface area contributed by atoms with Gasteiger partial charge in [-0.3, -0.25) is 19.5 Å². The van der Waals surface area contributed by atoms with Crippen molar-refractivity contribution in [1.82, 2.24) is 20.3 Å². The molecule has 1 aliphatic rings. The van der Waals surface area contributed by atoms with E-state index in [-0.39, 0.29) is 23.9 Å². The van der Waals surface area contributed by atoms with E-state index in [1.165, 1.54) is 11.2 Å². The molecule has 3 aromatic rings. The summed E-state index contributed by atoms with van der Waals surface area (Å²) in [6, 6.07) is 12.1. The maximum absolute atomic E-state index is 12.9. The van der Waals surface area contributed by atoms with Crippen LogP contribution in [0.1, 0.15) is 28.7 Å². The molecule has 2 aromatic heterocycles. The van der Waals surface area contributed by atoms with Crippen molar-refractivity contribution in [2.45, 2.75) is 19.5 Å². The minimum absolute atomic E-state index is 0.0508. The Balaban J connectivity index is 1.57. The molecule has 1 unspecified atom stereocenters. The fraction of sp³-hybridized carbons (Fsp3) is 0.182. The van der Waals surface area contributed by atoms with Crippen molar-refractivity contribution in [1.29, 1.82) is 5.26 Å². The van der Waals surface area contributed by atoms with Crippen LogP contribution in [0.2, 0.25) is 0 Å². The molecule has 0 saturated heterocycles. The monoisotopic (exact) mass is 398 g/mol. The lowest BCUT2D eigenvalue weighted by Gasteiger charge is -2.22. The average molecular weight is 398 g/mol. The average Bonchev–Trinajstić information content (AvgIpc) is 3.04. The summed E-state index contributed by atoms with van der Waals surface area (Å²) in [5.74, 6) is -0.417. The van der Waals surface area contributed by atoms with E-state index in [4.69, 9.17) is 5.26 Å². The first-order valence-electron chi connectivity index (χ1n) is 9.41. The van der Waals surface area contributed by atoms with E-state index in [2.05, 4.69) is 26.3 Å². The summed E-state index contributed by atoms with van der Waals surface area (Å²) in [4.78, 5) is 39.3. The number of Topliss-reactive ketones (excluding diaryl/α,β-unsaturated/α-hetero) is 1. The van der Waals surface area contributed by atoms with Crippen molar-refractivity contribution in [2.75, 3.05) is 11.4 Å². The number of nitriles is 1. The largest absolute Gasteiger partial charge is 0.303 e. The number of amides is 1. The first-order chi connectivity index (χ1) is 14.6. The molecule has 3 heterocycles. The number of aromatic nitrogens is 3. The lowest BCUT2D eigenvalue weighted by atomic mass is 10.0. The van der Waals surface area contributed by atoms with Crippen molar-refractivity contribution >= 4 is 17.4 Å². The van der Waals surface area contributed by atoms with E-state index in [0.717, 1.165) is 16.8 Å². The van der Waals surface area contributed by atoms with E-state index in [1.54, 1.807) is 49.6 Å². The number of nitrogens with zero attached hydrogens (tertiary/aromatic N) is 5. The van der Waals surface area contributed by atoms with Crippen LogP contribution in [-0.4, -0.2) is 39.2 Å². The highest BCUT2D eigenvalue weighted by Gasteiger charge is 2.39. The number of nitrogens with one attached hydrogen (secondary N) is 1. The molecular formula is C22H18N6O2. The number of hydrogen-bond acceptors (Lipinski definition) is 7. The van der Waals surface area contributed by atoms with Gasteiger partial charge in [-0.15, -0.1) is 0 Å². The minimum atomic E-state index is -0.624. The summed E-state index contributed by atoms with van der Waals surface area (Å²) < 4.78 is 0. The highest BCUT2D eigenvalue weighted by Crippen LogP contribution is 2.34. The zero-order chi connectivity index (χ0) is 21.1. The standard InChI is InChI=1S/C22H18N6O2/c1-14-22(30)21-19(8-17(10-26-21)16-4-2-3-15(7-16)9-23)28(14)20(29)12-25-11-18-5-6-24-13-27-18/h2-8,10,13-14,25H,11-12H2,1H3. The van der Waals surface area contributed by atoms with Crippen molar-refractivity contribution < 1.29 is 9.59 Å². The molecule has 4 rings (SSSR count). The SMILES string of the molecule is CC1C(=O)c2ncc(-c3cccc(C#N)c3)cc2N1C(=O)CNCc1ccncn1. The summed E-state index contributed by atoms with van der Waals surface area (Å²) in [5, 5.41) is 12.2. The molecule has 0 fully saturated rings. The normalized spacial score (nSPS) is 15.0. The summed E-state index contributed by atoms with van der Waals surface area (Å²) >= 11 is 0. The molecular weight excluding hydrogens is 380 g/mol. The van der Waals surface area contributed by atoms with Crippen LogP contribution in [0.25, 0.3) is 11.1 Å². The molecule has 30 heavy (non-hydrogen) atoms. The van der Waals surface area contributed by atoms with Crippen LogP contribution >= 0.6 is 0 Å². The van der Waals surface area contributed by atoms with Crippen LogP contribution in [0.5, 0.6) is 0 Å². The molecule has 0 bridgehead atoms. The van der Waals surface area contributed by atoms with E-state index in [0.29, 0.717) is 17.8 Å². The van der Waals surface area contributed by atoms with Gasteiger partial charge in [0.1, 0.15) is 12.0 Å². The third kappa shape index (κ3) is 3.66. The number of fused-ring (bicyclic) bond motifs is 1. The lowest BCUT2D eigenvalue weighted by Crippen LogP contribution is -2.43. The second kappa shape index (κ2) is 8.19. The van der Waals surface area contributed by atoms with Gasteiger partial charge in [-0.05, 0) is 36.8 Å². The predicted octanol–water partition coefficient (Wildman–Crippen LogP) is 2.12. The first-order valence-corrected chi connectivity index (χ1v) is 9.41. The number of anilines is 1. The minimum Gasteiger partial charge on any atom is -0.303 e. The van der Waals surface area contributed by atoms with Gasteiger partial charge >= 0.3 is 0 Å². The molecule has 0 radical (unpaired) electrons. The van der Waals surface area contributed by atoms with Gasteiger partial charge in [0.25, 0.3) is 0 Å². The molecule has 1 N–H and O–H groups in total. The number of carbonyl (C=O) groups excluding carboxylic acids is 2. The van der Waals surface area contributed by atoms with E-state index < -0.39 is 6.04 Å². The van der Waals surface area contributed by atoms with Crippen LogP contribution in [0.15, 0.2) is 55.1 Å². The zero-order valence-corrected chi connectivity index (χ0v) is 16.2. The lowest BCUT2D eigenvalue weighted by molar-refractivity contribution is -0.118. The highest BCUT2D eigenvalue weighted by molar-refractivity contribution is 6.17. The Labute approximate surface area is 173 Å². The summed E-state index contributed by atoms with van der Waals surface area (Å²) in [5.41, 5.74) is 3.60. The van der Waals surface area contributed by atoms with Gasteiger partial charge in [0.2, 0.25) is 11.7 Å². The Morgan fingerprint density at radius 2 is 2.10 bits per heavy atom. The number of benzene rings is 1. The number of ketones is 1. The van der Waals surface area contributed by atoms with Gasteiger partial charge in [0.15, 0.2) is 0 Å². The number of pyridine rings is 1. The van der Waals surface area contributed by atoms with Gasteiger partial charge in [0, 0.05) is 24.5 Å². The zero-order valence-electron chi connectivity index (χ0n) is 16.2. The maximum atomic E-state index is 12.9. The third-order valence-corrected chi connectivity index (χ3v) is 4.95. The molecule has 1 atom stereocenters. The van der Waals surface area contributed by atoms with Crippen molar-refractivity contribution in [3.05, 3.63) is 72.1 Å². The van der Waals surface area contributed by atoms with E-state index in [1.807, 2.05) is 6.07 Å². The van der Waals surface area contributed by atoms with E-state index in [9.17, 15) is 9.59 Å². The summed E-state index contributed by atoms with van der Waals surface area (Å²) in [6.45, 7) is 2.16. The van der Waals surface area contributed by atoms with Crippen LogP contribution in [0.3, 0.4) is 0 Å². The molecule has 8 nitrogen and oxygen atoms in total. The topological polar surface area (TPSA) is 112 Å². The number of rotatable bonds is 5. The Morgan fingerprint density at radius 3 is 2.87 bits per heavy atom. The molecule has 148 valence electrons. The van der Waals surface area contributed by atoms with Crippen LogP contribution < -0.4 is 10.2 Å². The highest BCUT2D eigenvalue weighted by atomic mass is 16.2. The second-order valence-electron chi connectivity index (χ2n) is 6.89. The van der Waals surface area contributed by atoms with Crippen LogP contribution in [0.4, 0.5) is 5.69 Å². The third-order valence-electron chi connectivity index (χ3n) is 4.95. The fourth-order valence-corrected chi connectivity index (χ4v) is 3.43. The Kier molecular flexibility index (Phi) is 5.28. The van der Waals surface area contributed by atoms with Gasteiger partial charge in [0.05, 0.1) is 35.6 Å². The van der Waals surface area contributed by atoms with Crippen molar-refractivity contribution in [3.8, 4) is 17.2 Å². The van der Waals surface area contributed by atoms with E-state index >= 15 is 0 Å². The van der Waals surface area contributed by atoms with Crippen LogP contribution in [-0.2, 0) is 11.3 Å². The van der Waals surface area contributed by atoms with Gasteiger partial charge in [-0.2, -0.15) is 5.26 Å². The predicted molar refractivity (Wildman–Crippen MR) is 109 cm³/mol. The molecule has 0 aliphatic carbocycles. The Bertz CT molecular complexity index is 1160. The smallest absolute Gasteiger partial charge is 0.241 e. The Morgan fingerprint density at radius 1 is 1.23 bits per heavy atom. The molecule has 1 aliphatic heterocycles. The summed E-state index contributed by atoms with van der Waals surface area (Å²) in [6.07, 6.45) is 4.68. The molecule has 0 spiro atoms. The molecule has 0 saturated carbocycles. The summed E-state index contributed by atoms with van der Waals surface area (Å²) in [7, 11) is 0. The van der Waals surface area contributed by atoms with Crippen LogP contribution in [0, 0.1) is 11.3 Å². The van der Waals surface area contributed by atoms with Gasteiger partial charge in [-0.1, -0.05) is 12.1 Å². The molecule has 1 aromatic carbocycles. The Hall–Kier alpha value is -3.96. The number of hydrogen-bond donors (Lipinski definition) is 1. The quantitative estimate of drug-likeness (QED) is 0.700. The first kappa shape index (κ1) is 19.4. The number of carbonyl (C=O) groups is 2.